The van der Waals surface area contributed by atoms with E-state index in [1.165, 1.54) is 0 Å². The van der Waals surface area contributed by atoms with Gasteiger partial charge >= 0.3 is 0 Å². The summed E-state index contributed by atoms with van der Waals surface area (Å²) >= 11 is 0. The molecule has 4 heteroatoms. The quantitative estimate of drug-likeness (QED) is 0.806. The van der Waals surface area contributed by atoms with E-state index in [1.54, 1.807) is 0 Å². The van der Waals surface area contributed by atoms with Crippen LogP contribution in [0, 0.1) is 0 Å². The molecule has 17 heavy (non-hydrogen) atoms. The molecule has 0 aliphatic carbocycles. The van der Waals surface area contributed by atoms with Gasteiger partial charge in [-0.15, -0.1) is 0 Å². The molecule has 0 aromatic heterocycles. The van der Waals surface area contributed by atoms with Crippen molar-refractivity contribution < 1.29 is 9.53 Å². The normalized spacial score (nSPS) is 17.4. The largest absolute Gasteiger partial charge is 0.491 e. The van der Waals surface area contributed by atoms with Gasteiger partial charge in [0, 0.05) is 12.1 Å². The van der Waals surface area contributed by atoms with Crippen molar-refractivity contribution >= 4 is 5.91 Å². The minimum absolute atomic E-state index is 0.0382. The molecule has 1 aromatic carbocycles. The minimum atomic E-state index is 0.0382. The van der Waals surface area contributed by atoms with Gasteiger partial charge in [-0.1, -0.05) is 25.1 Å². The van der Waals surface area contributed by atoms with Gasteiger partial charge in [0.15, 0.2) is 0 Å². The lowest BCUT2D eigenvalue weighted by molar-refractivity contribution is -0.120. The summed E-state index contributed by atoms with van der Waals surface area (Å²) in [6, 6.07) is 8.05. The van der Waals surface area contributed by atoms with Crippen molar-refractivity contribution in [2.45, 2.75) is 19.4 Å². The third-order valence-electron chi connectivity index (χ3n) is 2.78. The highest BCUT2D eigenvalue weighted by atomic mass is 16.5. The van der Waals surface area contributed by atoms with Gasteiger partial charge in [-0.05, 0) is 12.5 Å². The Morgan fingerprint density at radius 1 is 1.47 bits per heavy atom. The molecule has 0 bridgehead atoms. The molecule has 0 saturated carbocycles. The van der Waals surface area contributed by atoms with E-state index in [-0.39, 0.29) is 11.9 Å². The Hall–Kier alpha value is -1.55. The van der Waals surface area contributed by atoms with Crippen molar-refractivity contribution in [1.82, 2.24) is 10.6 Å². The molecular formula is C13H18N2O2. The van der Waals surface area contributed by atoms with Crippen LogP contribution in [0.4, 0.5) is 0 Å². The summed E-state index contributed by atoms with van der Waals surface area (Å²) in [5.74, 6) is 0.954. The molecule has 1 aliphatic heterocycles. The molecule has 1 atom stereocenters. The van der Waals surface area contributed by atoms with E-state index in [0.717, 1.165) is 24.3 Å². The molecule has 4 nitrogen and oxygen atoms in total. The first-order valence-corrected chi connectivity index (χ1v) is 6.03. The van der Waals surface area contributed by atoms with Crippen molar-refractivity contribution in [1.29, 1.82) is 0 Å². The second-order valence-corrected chi connectivity index (χ2v) is 4.13. The summed E-state index contributed by atoms with van der Waals surface area (Å²) in [5, 5.41) is 6.05. The van der Waals surface area contributed by atoms with E-state index in [0.29, 0.717) is 13.2 Å². The molecule has 1 heterocycles. The van der Waals surface area contributed by atoms with Gasteiger partial charge in [0.25, 0.3) is 0 Å². The van der Waals surface area contributed by atoms with Crippen molar-refractivity contribution in [3.05, 3.63) is 29.8 Å². The number of nitrogens with one attached hydrogen (secondary N) is 2. The maximum absolute atomic E-state index is 11.5. The van der Waals surface area contributed by atoms with Crippen molar-refractivity contribution in [2.75, 3.05) is 19.7 Å². The summed E-state index contributed by atoms with van der Waals surface area (Å²) in [4.78, 5) is 11.5. The van der Waals surface area contributed by atoms with E-state index in [4.69, 9.17) is 4.74 Å². The lowest BCUT2D eigenvalue weighted by Crippen LogP contribution is -2.36. The Bertz CT molecular complexity index is 393. The number of carbonyl (C=O) groups is 1. The number of benzene rings is 1. The first-order chi connectivity index (χ1) is 8.31. The fourth-order valence-electron chi connectivity index (χ4n) is 1.87. The first kappa shape index (κ1) is 11.9. The van der Waals surface area contributed by atoms with Crippen molar-refractivity contribution in [3.8, 4) is 5.75 Å². The number of rotatable bonds is 5. The number of hydrogen-bond donors (Lipinski definition) is 2. The van der Waals surface area contributed by atoms with Crippen molar-refractivity contribution in [2.24, 2.45) is 0 Å². The van der Waals surface area contributed by atoms with Gasteiger partial charge in [0.2, 0.25) is 5.91 Å². The lowest BCUT2D eigenvalue weighted by Gasteiger charge is -2.11. The maximum Gasteiger partial charge on any atom is 0.233 e. The maximum atomic E-state index is 11.5. The molecule has 2 N–H and O–H groups in total. The van der Waals surface area contributed by atoms with E-state index in [2.05, 4.69) is 10.6 Å². The number of fused-ring (bicyclic) bond motifs is 1. The first-order valence-electron chi connectivity index (χ1n) is 6.03. The minimum Gasteiger partial charge on any atom is -0.491 e. The summed E-state index contributed by atoms with van der Waals surface area (Å²) in [5.41, 5.74) is 1.13. The van der Waals surface area contributed by atoms with Crippen LogP contribution in [-0.4, -0.2) is 25.6 Å². The molecule has 0 radical (unpaired) electrons. The third-order valence-corrected chi connectivity index (χ3v) is 2.78. The molecule has 0 spiro atoms. The predicted octanol–water partition coefficient (Wildman–Crippen LogP) is 1.24. The molecule has 0 fully saturated rings. The van der Waals surface area contributed by atoms with Crippen molar-refractivity contribution in [3.63, 3.8) is 0 Å². The van der Waals surface area contributed by atoms with Gasteiger partial charge < -0.3 is 10.1 Å². The predicted molar refractivity (Wildman–Crippen MR) is 66.0 cm³/mol. The molecule has 1 unspecified atom stereocenters. The number of carbonyl (C=O) groups excluding carboxylic acids is 1. The highest BCUT2D eigenvalue weighted by molar-refractivity contribution is 5.78. The van der Waals surface area contributed by atoms with E-state index in [9.17, 15) is 4.79 Å². The molecular weight excluding hydrogens is 216 g/mol. The molecule has 1 aromatic rings. The Morgan fingerprint density at radius 3 is 3.12 bits per heavy atom. The summed E-state index contributed by atoms with van der Waals surface area (Å²) < 4.78 is 5.53. The smallest absolute Gasteiger partial charge is 0.233 e. The lowest BCUT2D eigenvalue weighted by atomic mass is 10.1. The topological polar surface area (TPSA) is 50.4 Å². The fraction of sp³-hybridized carbons (Fsp3) is 0.462. The Balaban J connectivity index is 1.83. The second-order valence-electron chi connectivity index (χ2n) is 4.13. The van der Waals surface area contributed by atoms with Gasteiger partial charge in [-0.3, -0.25) is 10.1 Å². The van der Waals surface area contributed by atoms with E-state index >= 15 is 0 Å². The summed E-state index contributed by atoms with van der Waals surface area (Å²) in [6.07, 6.45) is 0.959. The zero-order valence-electron chi connectivity index (χ0n) is 10.0. The Morgan fingerprint density at radius 2 is 2.29 bits per heavy atom. The van der Waals surface area contributed by atoms with Gasteiger partial charge in [-0.2, -0.15) is 0 Å². The fourth-order valence-corrected chi connectivity index (χ4v) is 1.87. The van der Waals surface area contributed by atoms with Gasteiger partial charge in [0.05, 0.1) is 12.6 Å². The van der Waals surface area contributed by atoms with E-state index < -0.39 is 0 Å². The van der Waals surface area contributed by atoms with E-state index in [1.807, 2.05) is 31.2 Å². The average Bonchev–Trinajstić information content (AvgIpc) is 2.77. The van der Waals surface area contributed by atoms with Crippen LogP contribution in [-0.2, 0) is 4.79 Å². The monoisotopic (exact) mass is 234 g/mol. The van der Waals surface area contributed by atoms with Gasteiger partial charge in [-0.25, -0.2) is 0 Å². The highest BCUT2D eigenvalue weighted by Crippen LogP contribution is 2.31. The van der Waals surface area contributed by atoms with Crippen LogP contribution in [0.15, 0.2) is 24.3 Å². The SMILES string of the molecule is CCCNC(=O)CNC1COc2ccccc21. The zero-order chi connectivity index (χ0) is 12.1. The average molecular weight is 234 g/mol. The van der Waals surface area contributed by atoms with Gasteiger partial charge in [0.1, 0.15) is 12.4 Å². The van der Waals surface area contributed by atoms with Crippen LogP contribution in [0.2, 0.25) is 0 Å². The van der Waals surface area contributed by atoms with Crippen LogP contribution < -0.4 is 15.4 Å². The Labute approximate surface area is 101 Å². The molecule has 2 rings (SSSR count). The van der Waals surface area contributed by atoms with Crippen LogP contribution >= 0.6 is 0 Å². The highest BCUT2D eigenvalue weighted by Gasteiger charge is 2.23. The molecule has 92 valence electrons. The second kappa shape index (κ2) is 5.68. The third kappa shape index (κ3) is 2.97. The standard InChI is InChI=1S/C13H18N2O2/c1-2-7-14-13(16)8-15-11-9-17-12-6-4-3-5-10(11)12/h3-6,11,15H,2,7-9H2,1H3,(H,14,16). The van der Waals surface area contributed by atoms with Crippen LogP contribution in [0.5, 0.6) is 5.75 Å². The molecule has 1 aliphatic rings. The molecule has 1 amide bonds. The number of para-hydroxylation sites is 1. The number of amides is 1. The summed E-state index contributed by atoms with van der Waals surface area (Å²) in [7, 11) is 0. The van der Waals surface area contributed by atoms with Crippen LogP contribution in [0.25, 0.3) is 0 Å². The number of ether oxygens (including phenoxy) is 1. The number of hydrogen-bond acceptors (Lipinski definition) is 3. The van der Waals surface area contributed by atoms with Crippen LogP contribution in [0.1, 0.15) is 24.9 Å². The zero-order valence-corrected chi connectivity index (χ0v) is 10.0. The summed E-state index contributed by atoms with van der Waals surface area (Å²) in [6.45, 7) is 3.70. The molecule has 0 saturated heterocycles. The van der Waals surface area contributed by atoms with Crippen LogP contribution in [0.3, 0.4) is 0 Å². The Kier molecular flexibility index (Phi) is 3.98.